The van der Waals surface area contributed by atoms with Gasteiger partial charge in [0.25, 0.3) is 0 Å². The number of hydrogen-bond acceptors (Lipinski definition) is 1. The summed E-state index contributed by atoms with van der Waals surface area (Å²) in [4.78, 5) is 0. The lowest BCUT2D eigenvalue weighted by Gasteiger charge is -2.14. The summed E-state index contributed by atoms with van der Waals surface area (Å²) in [5.74, 6) is 0.897. The zero-order valence-corrected chi connectivity index (χ0v) is 11.7. The molecule has 19 heavy (non-hydrogen) atoms. The maximum absolute atomic E-state index is 13.0. The fraction of sp³-hybridized carbons (Fsp3) is 0.250. The number of rotatable bonds is 4. The van der Waals surface area contributed by atoms with Crippen LogP contribution in [0.25, 0.3) is 0 Å². The van der Waals surface area contributed by atoms with Crippen molar-refractivity contribution in [3.8, 4) is 5.75 Å². The zero-order chi connectivity index (χ0) is 13.8. The predicted molar refractivity (Wildman–Crippen MR) is 76.3 cm³/mol. The monoisotopic (exact) mass is 278 g/mol. The van der Waals surface area contributed by atoms with Crippen LogP contribution >= 0.6 is 11.6 Å². The fourth-order valence-corrected chi connectivity index (χ4v) is 2.10. The Morgan fingerprint density at radius 1 is 1.16 bits per heavy atom. The third kappa shape index (κ3) is 3.48. The molecule has 2 aromatic carbocycles. The molecule has 3 heteroatoms. The highest BCUT2D eigenvalue weighted by Gasteiger charge is 2.08. The minimum Gasteiger partial charge on any atom is -0.489 e. The van der Waals surface area contributed by atoms with Crippen LogP contribution in [0.2, 0.25) is 5.02 Å². The molecule has 1 nitrogen and oxygen atoms in total. The molecule has 0 heterocycles. The van der Waals surface area contributed by atoms with E-state index < -0.39 is 0 Å². The molecule has 0 fully saturated rings. The molecule has 0 aromatic heterocycles. The van der Waals surface area contributed by atoms with Crippen LogP contribution in [0.15, 0.2) is 42.5 Å². The SMILES string of the molecule is CC(C)c1ccccc1OCc1ccc(F)cc1Cl. The van der Waals surface area contributed by atoms with Gasteiger partial charge in [-0.25, -0.2) is 4.39 Å². The molecular formula is C16H16ClFO. The fourth-order valence-electron chi connectivity index (χ4n) is 1.88. The molecule has 0 saturated heterocycles. The second-order valence-corrected chi connectivity index (χ2v) is 5.12. The molecule has 0 aliphatic carbocycles. The van der Waals surface area contributed by atoms with E-state index >= 15 is 0 Å². The minimum atomic E-state index is -0.337. The van der Waals surface area contributed by atoms with Crippen molar-refractivity contribution in [1.82, 2.24) is 0 Å². The Morgan fingerprint density at radius 2 is 1.89 bits per heavy atom. The Morgan fingerprint density at radius 3 is 2.58 bits per heavy atom. The predicted octanol–water partition coefficient (Wildman–Crippen LogP) is 5.18. The van der Waals surface area contributed by atoms with E-state index in [0.717, 1.165) is 16.9 Å². The van der Waals surface area contributed by atoms with Crippen molar-refractivity contribution in [2.24, 2.45) is 0 Å². The summed E-state index contributed by atoms with van der Waals surface area (Å²) < 4.78 is 18.8. The van der Waals surface area contributed by atoms with Crippen LogP contribution in [0.4, 0.5) is 4.39 Å². The topological polar surface area (TPSA) is 9.23 Å². The third-order valence-electron chi connectivity index (χ3n) is 2.94. The molecule has 0 radical (unpaired) electrons. The Hall–Kier alpha value is -1.54. The van der Waals surface area contributed by atoms with Crippen LogP contribution in [-0.4, -0.2) is 0 Å². The lowest BCUT2D eigenvalue weighted by molar-refractivity contribution is 0.301. The number of para-hydroxylation sites is 1. The van der Waals surface area contributed by atoms with Gasteiger partial charge < -0.3 is 4.74 Å². The summed E-state index contributed by atoms with van der Waals surface area (Å²) in [6.45, 7) is 4.57. The summed E-state index contributed by atoms with van der Waals surface area (Å²) >= 11 is 5.98. The lowest BCUT2D eigenvalue weighted by atomic mass is 10.0. The molecule has 0 amide bonds. The van der Waals surface area contributed by atoms with Gasteiger partial charge in [-0.15, -0.1) is 0 Å². The highest BCUT2D eigenvalue weighted by atomic mass is 35.5. The van der Waals surface area contributed by atoms with Gasteiger partial charge in [0.1, 0.15) is 18.2 Å². The largest absolute Gasteiger partial charge is 0.489 e. The van der Waals surface area contributed by atoms with Gasteiger partial charge in [-0.3, -0.25) is 0 Å². The van der Waals surface area contributed by atoms with Crippen LogP contribution in [0.5, 0.6) is 5.75 Å². The Kier molecular flexibility index (Phi) is 4.43. The van der Waals surface area contributed by atoms with Crippen LogP contribution in [0, 0.1) is 5.82 Å². The molecule has 2 aromatic rings. The van der Waals surface area contributed by atoms with Gasteiger partial charge in [-0.2, -0.15) is 0 Å². The first-order valence-electron chi connectivity index (χ1n) is 6.23. The van der Waals surface area contributed by atoms with Gasteiger partial charge in [0.2, 0.25) is 0 Å². The number of hydrogen-bond donors (Lipinski definition) is 0. The number of ether oxygens (including phenoxy) is 1. The van der Waals surface area contributed by atoms with Crippen molar-refractivity contribution in [3.05, 3.63) is 64.4 Å². The Labute approximate surface area is 118 Å². The second-order valence-electron chi connectivity index (χ2n) is 4.72. The lowest BCUT2D eigenvalue weighted by Crippen LogP contribution is -2.00. The molecule has 0 saturated carbocycles. The van der Waals surface area contributed by atoms with Crippen molar-refractivity contribution in [2.45, 2.75) is 26.4 Å². The van der Waals surface area contributed by atoms with Crippen LogP contribution in [-0.2, 0) is 6.61 Å². The first-order chi connectivity index (χ1) is 9.08. The average molecular weight is 279 g/mol. The smallest absolute Gasteiger partial charge is 0.124 e. The summed E-state index contributed by atoms with van der Waals surface area (Å²) in [6.07, 6.45) is 0. The van der Waals surface area contributed by atoms with E-state index in [1.165, 1.54) is 12.1 Å². The van der Waals surface area contributed by atoms with Gasteiger partial charge in [0.05, 0.1) is 5.02 Å². The summed E-state index contributed by atoms with van der Waals surface area (Å²) in [6, 6.07) is 12.3. The molecule has 0 bridgehead atoms. The molecule has 0 atom stereocenters. The molecule has 0 N–H and O–H groups in total. The van der Waals surface area contributed by atoms with E-state index in [0.29, 0.717) is 17.5 Å². The van der Waals surface area contributed by atoms with Crippen LogP contribution in [0.1, 0.15) is 30.9 Å². The molecule has 0 unspecified atom stereocenters. The maximum Gasteiger partial charge on any atom is 0.124 e. The third-order valence-corrected chi connectivity index (χ3v) is 3.29. The van der Waals surface area contributed by atoms with Crippen molar-refractivity contribution >= 4 is 11.6 Å². The minimum absolute atomic E-state index is 0.336. The van der Waals surface area contributed by atoms with Crippen LogP contribution in [0.3, 0.4) is 0 Å². The molecule has 0 aliphatic rings. The van der Waals surface area contributed by atoms with Crippen molar-refractivity contribution in [2.75, 3.05) is 0 Å². The van der Waals surface area contributed by atoms with Gasteiger partial charge in [-0.05, 0) is 29.7 Å². The van der Waals surface area contributed by atoms with Crippen LogP contribution < -0.4 is 4.74 Å². The van der Waals surface area contributed by atoms with E-state index in [4.69, 9.17) is 16.3 Å². The molecule has 0 aliphatic heterocycles. The first-order valence-corrected chi connectivity index (χ1v) is 6.61. The van der Waals surface area contributed by atoms with Crippen molar-refractivity contribution in [3.63, 3.8) is 0 Å². The number of benzene rings is 2. The highest BCUT2D eigenvalue weighted by Crippen LogP contribution is 2.27. The normalized spacial score (nSPS) is 10.8. The van der Waals surface area contributed by atoms with E-state index in [1.54, 1.807) is 6.07 Å². The highest BCUT2D eigenvalue weighted by molar-refractivity contribution is 6.31. The van der Waals surface area contributed by atoms with Gasteiger partial charge in [0.15, 0.2) is 0 Å². The summed E-state index contributed by atoms with van der Waals surface area (Å²) in [7, 11) is 0. The van der Waals surface area contributed by atoms with Gasteiger partial charge in [0, 0.05) is 5.56 Å². The standard InChI is InChI=1S/C16H16ClFO/c1-11(2)14-5-3-4-6-16(14)19-10-12-7-8-13(18)9-15(12)17/h3-9,11H,10H2,1-2H3. The van der Waals surface area contributed by atoms with E-state index in [2.05, 4.69) is 13.8 Å². The van der Waals surface area contributed by atoms with E-state index in [1.807, 2.05) is 24.3 Å². The zero-order valence-electron chi connectivity index (χ0n) is 11.0. The second kappa shape index (κ2) is 6.07. The summed E-state index contributed by atoms with van der Waals surface area (Å²) in [5.41, 5.74) is 1.93. The Balaban J connectivity index is 2.14. The quantitative estimate of drug-likeness (QED) is 0.748. The molecular weight excluding hydrogens is 263 g/mol. The molecule has 0 spiro atoms. The molecule has 100 valence electrons. The maximum atomic E-state index is 13.0. The van der Waals surface area contributed by atoms with E-state index in [9.17, 15) is 4.39 Å². The van der Waals surface area contributed by atoms with Gasteiger partial charge >= 0.3 is 0 Å². The Bertz CT molecular complexity index is 566. The van der Waals surface area contributed by atoms with Gasteiger partial charge in [-0.1, -0.05) is 49.7 Å². The van der Waals surface area contributed by atoms with Crippen molar-refractivity contribution < 1.29 is 9.13 Å². The first kappa shape index (κ1) is 13.9. The van der Waals surface area contributed by atoms with Crippen molar-refractivity contribution in [1.29, 1.82) is 0 Å². The molecule has 2 rings (SSSR count). The van der Waals surface area contributed by atoms with E-state index in [-0.39, 0.29) is 5.82 Å². The summed E-state index contributed by atoms with van der Waals surface area (Å²) in [5, 5.41) is 0.391. The number of halogens is 2. The average Bonchev–Trinajstić information content (AvgIpc) is 2.38.